The van der Waals surface area contributed by atoms with E-state index in [1.54, 1.807) is 0 Å². The van der Waals surface area contributed by atoms with Crippen molar-refractivity contribution in [2.45, 2.75) is 83.6 Å². The van der Waals surface area contributed by atoms with Gasteiger partial charge in [0, 0.05) is 18.2 Å². The monoisotopic (exact) mass is 864 g/mol. The fourth-order valence-corrected chi connectivity index (χ4v) is 9.83. The molecule has 14 nitrogen and oxygen atoms in total. The van der Waals surface area contributed by atoms with Gasteiger partial charge < -0.3 is 39.9 Å². The van der Waals surface area contributed by atoms with E-state index in [4.69, 9.17) is 19.4 Å². The highest BCUT2D eigenvalue weighted by molar-refractivity contribution is 5.91. The first kappa shape index (κ1) is 43.7. The molecule has 64 heavy (non-hydrogen) atoms. The molecule has 4 amide bonds. The number of hydrogen-bond donors (Lipinski definition) is 4. The van der Waals surface area contributed by atoms with E-state index in [0.29, 0.717) is 12.1 Å². The Morgan fingerprint density at radius 3 is 2.02 bits per heavy atom. The van der Waals surface area contributed by atoms with Gasteiger partial charge in [-0.25, -0.2) is 19.6 Å². The predicted molar refractivity (Wildman–Crippen MR) is 245 cm³/mol. The number of hydrogen-bond acceptors (Lipinski definition) is 8. The number of carbonyl (C=O) groups is 4. The van der Waals surface area contributed by atoms with Crippen molar-refractivity contribution in [2.75, 3.05) is 20.8 Å². The molecule has 1 saturated carbocycles. The van der Waals surface area contributed by atoms with Crippen molar-refractivity contribution in [3.63, 3.8) is 0 Å². The van der Waals surface area contributed by atoms with Crippen LogP contribution in [0.5, 0.6) is 0 Å². The molecule has 2 aliphatic heterocycles. The largest absolute Gasteiger partial charge is 0.453 e. The Bertz CT molecular complexity index is 2640. The predicted octanol–water partition coefficient (Wildman–Crippen LogP) is 9.12. The van der Waals surface area contributed by atoms with Crippen molar-refractivity contribution >= 4 is 34.8 Å². The van der Waals surface area contributed by atoms with Crippen LogP contribution in [-0.2, 0) is 19.1 Å². The minimum Gasteiger partial charge on any atom is -0.453 e. The van der Waals surface area contributed by atoms with E-state index < -0.39 is 24.3 Å². The Labute approximate surface area is 373 Å². The number of imidazole rings is 2. The van der Waals surface area contributed by atoms with E-state index in [9.17, 15) is 19.2 Å². The zero-order valence-corrected chi connectivity index (χ0v) is 35.8. The van der Waals surface area contributed by atoms with Crippen LogP contribution in [0.1, 0.15) is 88.7 Å². The highest BCUT2D eigenvalue weighted by Crippen LogP contribution is 2.50. The number of aromatic amines is 2. The van der Waals surface area contributed by atoms with Crippen LogP contribution in [0.15, 0.2) is 103 Å². The summed E-state index contributed by atoms with van der Waals surface area (Å²) in [6.45, 7) is 4.40. The van der Waals surface area contributed by atoms with Crippen LogP contribution in [0.25, 0.3) is 44.4 Å². The number of aromatic nitrogens is 4. The van der Waals surface area contributed by atoms with Crippen molar-refractivity contribution in [1.29, 1.82) is 0 Å². The lowest BCUT2D eigenvalue weighted by molar-refractivity contribution is -0.138. The van der Waals surface area contributed by atoms with E-state index in [1.165, 1.54) is 14.2 Å². The third-order valence-electron chi connectivity index (χ3n) is 13.1. The van der Waals surface area contributed by atoms with Gasteiger partial charge in [0.05, 0.1) is 50.1 Å². The second kappa shape index (κ2) is 18.4. The first-order chi connectivity index (χ1) is 30.6. The maximum absolute atomic E-state index is 14.3. The number of ether oxygens (including phenoxy) is 2. The molecule has 6 atom stereocenters. The molecule has 2 saturated heterocycles. The summed E-state index contributed by atoms with van der Waals surface area (Å²) in [5.41, 5.74) is 6.59. The number of nitrogens with one attached hydrogen (secondary N) is 4. The van der Waals surface area contributed by atoms with Crippen molar-refractivity contribution in [1.82, 2.24) is 40.4 Å². The maximum atomic E-state index is 14.3. The summed E-state index contributed by atoms with van der Waals surface area (Å²) in [5.74, 6) is 1.34. The number of rotatable bonds is 11. The second-order valence-electron chi connectivity index (χ2n) is 17.2. The molecular formula is C50H56N8O6. The molecular weight excluding hydrogens is 809 g/mol. The summed E-state index contributed by atoms with van der Waals surface area (Å²) in [7, 11) is 2.59. The first-order valence-corrected chi connectivity index (χ1v) is 21.7. The lowest BCUT2D eigenvalue weighted by Gasteiger charge is -2.36. The highest BCUT2D eigenvalue weighted by Gasteiger charge is 2.51. The Kier molecular flexibility index (Phi) is 12.6. The summed E-state index contributed by atoms with van der Waals surface area (Å²) >= 11 is 0. The number of benzene rings is 4. The molecule has 2 aromatic heterocycles. The average molecular weight is 865 g/mol. The molecule has 2 bridgehead atoms. The van der Waals surface area contributed by atoms with E-state index in [1.807, 2.05) is 66.4 Å². The van der Waals surface area contributed by atoms with Crippen molar-refractivity contribution in [3.8, 4) is 33.6 Å². The molecule has 4 aromatic carbocycles. The molecule has 3 fully saturated rings. The van der Waals surface area contributed by atoms with Crippen LogP contribution in [0.2, 0.25) is 0 Å². The summed E-state index contributed by atoms with van der Waals surface area (Å²) in [5, 5.41) is 7.67. The van der Waals surface area contributed by atoms with Crippen LogP contribution in [0.3, 0.4) is 0 Å². The Hall–Kier alpha value is -6.96. The first-order valence-electron chi connectivity index (χ1n) is 21.7. The van der Waals surface area contributed by atoms with Gasteiger partial charge in [-0.1, -0.05) is 100 Å². The van der Waals surface area contributed by atoms with Gasteiger partial charge in [0.2, 0.25) is 5.91 Å². The molecule has 0 unspecified atom stereocenters. The minimum absolute atomic E-state index is 0. The van der Waals surface area contributed by atoms with Crippen LogP contribution in [-0.4, -0.2) is 86.6 Å². The molecule has 14 heteroatoms. The molecule has 1 aliphatic carbocycles. The molecule has 0 spiro atoms. The molecule has 4 heterocycles. The summed E-state index contributed by atoms with van der Waals surface area (Å²) < 4.78 is 9.67. The third kappa shape index (κ3) is 8.44. The zero-order chi connectivity index (χ0) is 43.8. The molecule has 6 aromatic rings. The SMILES string of the molecule is C.COC(=O)N[C@H](C(=O)N1CCC[C@H]1c1ncc(-c2ccc3cc(-c4ccc(-c5cnc([C@@H]6[C@H]7CC[C@H](C7)N6C(=O)[C@H](NC(=O)OC)c6ccccc6)[nH]5)cc4)ccc3c2)[nH]1)C(C)C. The molecule has 4 N–H and O–H groups in total. The Balaban J connectivity index is 0.00000560. The van der Waals surface area contributed by atoms with Crippen LogP contribution >= 0.6 is 0 Å². The fourth-order valence-electron chi connectivity index (χ4n) is 9.83. The quantitative estimate of drug-likeness (QED) is 0.0998. The fraction of sp³-hybridized carbons (Fsp3) is 0.360. The van der Waals surface area contributed by atoms with Crippen molar-refractivity contribution in [2.24, 2.45) is 11.8 Å². The van der Waals surface area contributed by atoms with Gasteiger partial charge in [-0.3, -0.25) is 9.59 Å². The van der Waals surface area contributed by atoms with Gasteiger partial charge in [0.15, 0.2) is 0 Å². The third-order valence-corrected chi connectivity index (χ3v) is 13.1. The van der Waals surface area contributed by atoms with Crippen LogP contribution in [0, 0.1) is 11.8 Å². The summed E-state index contributed by atoms with van der Waals surface area (Å²) in [4.78, 5) is 72.7. The lowest BCUT2D eigenvalue weighted by atomic mass is 9.96. The smallest absolute Gasteiger partial charge is 0.407 e. The number of alkyl carbamates (subject to hydrolysis) is 2. The van der Waals surface area contributed by atoms with E-state index in [2.05, 4.69) is 81.3 Å². The zero-order valence-electron chi connectivity index (χ0n) is 35.8. The average Bonchev–Trinajstić information content (AvgIpc) is 4.18. The number of nitrogens with zero attached hydrogens (tertiary/aromatic N) is 4. The van der Waals surface area contributed by atoms with E-state index in [0.717, 1.165) is 88.2 Å². The molecule has 9 rings (SSSR count). The molecule has 0 radical (unpaired) electrons. The van der Waals surface area contributed by atoms with Gasteiger partial charge in [0.1, 0.15) is 23.7 Å². The second-order valence-corrected chi connectivity index (χ2v) is 17.2. The van der Waals surface area contributed by atoms with Crippen molar-refractivity contribution < 1.29 is 28.7 Å². The number of carbonyl (C=O) groups excluding carboxylic acids is 4. The summed E-state index contributed by atoms with van der Waals surface area (Å²) in [6, 6.07) is 28.5. The lowest BCUT2D eigenvalue weighted by Crippen LogP contribution is -2.51. The Morgan fingerprint density at radius 1 is 0.703 bits per heavy atom. The number of methoxy groups -OCH3 is 2. The molecule has 3 aliphatic rings. The van der Waals surface area contributed by atoms with Gasteiger partial charge >= 0.3 is 12.2 Å². The number of amides is 4. The number of piperidine rings is 1. The van der Waals surface area contributed by atoms with Crippen LogP contribution < -0.4 is 10.6 Å². The number of likely N-dealkylation sites (tertiary alicyclic amines) is 2. The van der Waals surface area contributed by atoms with E-state index in [-0.39, 0.29) is 49.2 Å². The van der Waals surface area contributed by atoms with Gasteiger partial charge in [-0.05, 0) is 89.1 Å². The van der Waals surface area contributed by atoms with Gasteiger partial charge in [-0.15, -0.1) is 0 Å². The topological polar surface area (TPSA) is 175 Å². The van der Waals surface area contributed by atoms with Crippen LogP contribution in [0.4, 0.5) is 9.59 Å². The normalized spacial score (nSPS) is 19.9. The maximum Gasteiger partial charge on any atom is 0.407 e. The van der Waals surface area contributed by atoms with E-state index >= 15 is 0 Å². The number of H-pyrrole nitrogens is 2. The van der Waals surface area contributed by atoms with Crippen molar-refractivity contribution in [3.05, 3.63) is 121 Å². The standard InChI is InChI=1S/C49H52N8O6.CH4/c1-28(2)41(54-48(60)62-3)46(58)56-22-8-11-40(56)44-50-27-39(52-44)35-19-18-33-23-32(16-17-34(33)24-35)29-12-14-30(15-13-29)38-26-51-45(53-38)43-36-20-21-37(25-36)57(43)47(59)42(55-49(61)63-4)31-9-6-5-7-10-31;/h5-7,9-10,12-19,23-24,26-28,36-37,40-43H,8,11,20-22,25H2,1-4H3,(H,50,52)(H,51,53)(H,54,60)(H,55,61);1H4/t36-,37+,40-,41-,42+,43-;/m0./s1. The highest BCUT2D eigenvalue weighted by atomic mass is 16.5. The number of fused-ring (bicyclic) bond motifs is 3. The molecule has 332 valence electrons. The van der Waals surface area contributed by atoms with Gasteiger partial charge in [0.25, 0.3) is 5.91 Å². The Morgan fingerprint density at radius 2 is 1.31 bits per heavy atom. The minimum atomic E-state index is -0.874. The summed E-state index contributed by atoms with van der Waals surface area (Å²) in [6.07, 6.45) is 6.85. The van der Waals surface area contributed by atoms with Gasteiger partial charge in [-0.2, -0.15) is 0 Å².